The number of nitrogens with one attached hydrogen (secondary N) is 1. The number of amides is 2. The highest BCUT2D eigenvalue weighted by atomic mass is 16.5. The van der Waals surface area contributed by atoms with Crippen molar-refractivity contribution in [3.8, 4) is 0 Å². The van der Waals surface area contributed by atoms with E-state index in [-0.39, 0.29) is 23.8 Å². The predicted molar refractivity (Wildman–Crippen MR) is 96.3 cm³/mol. The summed E-state index contributed by atoms with van der Waals surface area (Å²) in [5.41, 5.74) is 1.69. The second-order valence-electron chi connectivity index (χ2n) is 7.39. The van der Waals surface area contributed by atoms with Crippen molar-refractivity contribution < 1.29 is 19.1 Å². The summed E-state index contributed by atoms with van der Waals surface area (Å²) in [6.07, 6.45) is 2.65. The number of rotatable bonds is 3. The standard InChI is InChI=1S/C18H25N5O4/c1-13(24)19-9-15(25)23-3-2-18(11-23)12-27-10-14-8-20-17(21-16(14)18)22-4-6-26-7-5-22/h8H,2-7,9-12H2,1H3,(H,19,24). The van der Waals surface area contributed by atoms with E-state index in [4.69, 9.17) is 14.5 Å². The lowest BCUT2D eigenvalue weighted by Gasteiger charge is -2.35. The lowest BCUT2D eigenvalue weighted by atomic mass is 9.80. The monoisotopic (exact) mass is 375 g/mol. The van der Waals surface area contributed by atoms with Gasteiger partial charge in [0.2, 0.25) is 17.8 Å². The zero-order chi connectivity index (χ0) is 18.9. The number of morpholine rings is 1. The van der Waals surface area contributed by atoms with E-state index in [1.165, 1.54) is 6.92 Å². The van der Waals surface area contributed by atoms with Crippen LogP contribution in [0.3, 0.4) is 0 Å². The molecule has 1 aromatic rings. The molecule has 0 radical (unpaired) electrons. The lowest BCUT2D eigenvalue weighted by Crippen LogP contribution is -2.44. The van der Waals surface area contributed by atoms with Crippen LogP contribution in [0, 0.1) is 0 Å². The smallest absolute Gasteiger partial charge is 0.241 e. The Kier molecular flexibility index (Phi) is 4.96. The van der Waals surface area contributed by atoms with Gasteiger partial charge in [-0.05, 0) is 6.42 Å². The van der Waals surface area contributed by atoms with E-state index in [1.54, 1.807) is 4.90 Å². The first-order valence-corrected chi connectivity index (χ1v) is 9.36. The van der Waals surface area contributed by atoms with E-state index in [2.05, 4.69) is 15.2 Å². The van der Waals surface area contributed by atoms with Gasteiger partial charge < -0.3 is 24.6 Å². The Balaban J connectivity index is 1.55. The van der Waals surface area contributed by atoms with Crippen LogP contribution < -0.4 is 10.2 Å². The van der Waals surface area contributed by atoms with Gasteiger partial charge in [-0.2, -0.15) is 0 Å². The minimum atomic E-state index is -0.302. The van der Waals surface area contributed by atoms with Gasteiger partial charge >= 0.3 is 0 Å². The van der Waals surface area contributed by atoms with E-state index in [0.717, 1.165) is 36.7 Å². The van der Waals surface area contributed by atoms with Gasteiger partial charge in [-0.15, -0.1) is 0 Å². The summed E-state index contributed by atoms with van der Waals surface area (Å²) in [6.45, 7) is 6.60. The number of nitrogens with zero attached hydrogens (tertiary/aromatic N) is 4. The van der Waals surface area contributed by atoms with Crippen molar-refractivity contribution >= 4 is 17.8 Å². The maximum absolute atomic E-state index is 12.4. The van der Waals surface area contributed by atoms with E-state index in [0.29, 0.717) is 39.5 Å². The SMILES string of the molecule is CC(=O)NCC(=O)N1CCC2(COCc3cnc(N4CCOCC4)nc32)C1. The summed E-state index contributed by atoms with van der Waals surface area (Å²) in [6, 6.07) is 0. The molecule has 3 aliphatic heterocycles. The van der Waals surface area contributed by atoms with Gasteiger partial charge in [0.25, 0.3) is 0 Å². The summed E-state index contributed by atoms with van der Waals surface area (Å²) >= 11 is 0. The molecule has 2 amide bonds. The topological polar surface area (TPSA) is 96.9 Å². The molecule has 3 aliphatic rings. The quantitative estimate of drug-likeness (QED) is 0.757. The fourth-order valence-corrected chi connectivity index (χ4v) is 4.01. The first kappa shape index (κ1) is 18.1. The highest BCUT2D eigenvalue weighted by molar-refractivity contribution is 5.84. The van der Waals surface area contributed by atoms with Gasteiger partial charge in [0.1, 0.15) is 0 Å². The molecule has 27 heavy (non-hydrogen) atoms. The van der Waals surface area contributed by atoms with Gasteiger partial charge in [-0.1, -0.05) is 0 Å². The first-order chi connectivity index (χ1) is 13.1. The Morgan fingerprint density at radius 1 is 1.26 bits per heavy atom. The van der Waals surface area contributed by atoms with Gasteiger partial charge in [-0.3, -0.25) is 9.59 Å². The van der Waals surface area contributed by atoms with Crippen molar-refractivity contribution in [3.05, 3.63) is 17.5 Å². The van der Waals surface area contributed by atoms with Crippen LogP contribution in [0.1, 0.15) is 24.6 Å². The van der Waals surface area contributed by atoms with Gasteiger partial charge in [-0.25, -0.2) is 9.97 Å². The molecule has 0 bridgehead atoms. The first-order valence-electron chi connectivity index (χ1n) is 9.36. The molecular formula is C18H25N5O4. The third kappa shape index (κ3) is 3.61. The largest absolute Gasteiger partial charge is 0.378 e. The number of ether oxygens (including phenoxy) is 2. The lowest BCUT2D eigenvalue weighted by molar-refractivity contribution is -0.131. The highest BCUT2D eigenvalue weighted by Gasteiger charge is 2.46. The molecule has 9 heteroatoms. The number of fused-ring (bicyclic) bond motifs is 2. The van der Waals surface area contributed by atoms with Crippen LogP contribution in [0.4, 0.5) is 5.95 Å². The maximum Gasteiger partial charge on any atom is 0.241 e. The van der Waals surface area contributed by atoms with E-state index in [9.17, 15) is 9.59 Å². The summed E-state index contributed by atoms with van der Waals surface area (Å²) in [4.78, 5) is 36.9. The third-order valence-corrected chi connectivity index (χ3v) is 5.48. The van der Waals surface area contributed by atoms with Crippen LogP contribution in [0.2, 0.25) is 0 Å². The number of hydrogen-bond acceptors (Lipinski definition) is 7. The summed E-state index contributed by atoms with van der Waals surface area (Å²) in [7, 11) is 0. The fourth-order valence-electron chi connectivity index (χ4n) is 4.01. The van der Waals surface area contributed by atoms with Crippen molar-refractivity contribution in [2.45, 2.75) is 25.4 Å². The van der Waals surface area contributed by atoms with Crippen molar-refractivity contribution in [3.63, 3.8) is 0 Å². The molecule has 1 spiro atoms. The van der Waals surface area contributed by atoms with Crippen LogP contribution >= 0.6 is 0 Å². The molecule has 2 fully saturated rings. The molecule has 0 aliphatic carbocycles. The van der Waals surface area contributed by atoms with Crippen LogP contribution in [-0.2, 0) is 31.1 Å². The molecule has 1 unspecified atom stereocenters. The number of hydrogen-bond donors (Lipinski definition) is 1. The zero-order valence-corrected chi connectivity index (χ0v) is 15.6. The number of anilines is 1. The van der Waals surface area contributed by atoms with Crippen molar-refractivity contribution in [2.75, 3.05) is 57.4 Å². The normalized spacial score (nSPS) is 24.8. The Morgan fingerprint density at radius 3 is 2.85 bits per heavy atom. The van der Waals surface area contributed by atoms with E-state index < -0.39 is 0 Å². The minimum absolute atomic E-state index is 0.0297. The van der Waals surface area contributed by atoms with Gasteiger partial charge in [0, 0.05) is 44.9 Å². The molecule has 1 aromatic heterocycles. The summed E-state index contributed by atoms with van der Waals surface area (Å²) in [5.74, 6) is 0.449. The minimum Gasteiger partial charge on any atom is -0.378 e. The van der Waals surface area contributed by atoms with E-state index >= 15 is 0 Å². The molecule has 9 nitrogen and oxygen atoms in total. The molecule has 0 aromatic carbocycles. The Labute approximate surface area is 158 Å². The molecule has 4 heterocycles. The van der Waals surface area contributed by atoms with Gasteiger partial charge in [0.05, 0.1) is 44.1 Å². The molecular weight excluding hydrogens is 350 g/mol. The van der Waals surface area contributed by atoms with E-state index in [1.807, 2.05) is 6.20 Å². The van der Waals surface area contributed by atoms with Crippen LogP contribution in [0.25, 0.3) is 0 Å². The fraction of sp³-hybridized carbons (Fsp3) is 0.667. The molecule has 1 atom stereocenters. The van der Waals surface area contributed by atoms with Gasteiger partial charge in [0.15, 0.2) is 0 Å². The van der Waals surface area contributed by atoms with Crippen LogP contribution in [-0.4, -0.2) is 79.2 Å². The summed E-state index contributed by atoms with van der Waals surface area (Å²) < 4.78 is 11.2. The van der Waals surface area contributed by atoms with Crippen molar-refractivity contribution in [1.82, 2.24) is 20.2 Å². The molecule has 4 rings (SSSR count). The van der Waals surface area contributed by atoms with Crippen molar-refractivity contribution in [1.29, 1.82) is 0 Å². The summed E-state index contributed by atoms with van der Waals surface area (Å²) in [5, 5.41) is 2.58. The van der Waals surface area contributed by atoms with Crippen molar-refractivity contribution in [2.24, 2.45) is 0 Å². The number of carbonyl (C=O) groups excluding carboxylic acids is 2. The zero-order valence-electron chi connectivity index (χ0n) is 15.6. The second-order valence-corrected chi connectivity index (χ2v) is 7.39. The number of likely N-dealkylation sites (tertiary alicyclic amines) is 1. The molecule has 146 valence electrons. The Hall–Kier alpha value is -2.26. The van der Waals surface area contributed by atoms with Crippen LogP contribution in [0.5, 0.6) is 0 Å². The molecule has 0 saturated carbocycles. The number of aromatic nitrogens is 2. The predicted octanol–water partition coefficient (Wildman–Crippen LogP) is -0.550. The third-order valence-electron chi connectivity index (χ3n) is 5.48. The Morgan fingerprint density at radius 2 is 2.07 bits per heavy atom. The molecule has 2 saturated heterocycles. The molecule has 1 N–H and O–H groups in total. The second kappa shape index (κ2) is 7.40. The van der Waals surface area contributed by atoms with Crippen LogP contribution in [0.15, 0.2) is 6.20 Å². The Bertz CT molecular complexity index is 736. The average molecular weight is 375 g/mol. The highest BCUT2D eigenvalue weighted by Crippen LogP contribution is 2.39. The maximum atomic E-state index is 12.4. The number of carbonyl (C=O) groups is 2. The average Bonchev–Trinajstić information content (AvgIpc) is 3.12.